The van der Waals surface area contributed by atoms with E-state index in [0.29, 0.717) is 18.2 Å². The minimum Gasteiger partial charge on any atom is -0.377 e. The molecule has 0 spiro atoms. The summed E-state index contributed by atoms with van der Waals surface area (Å²) in [5.74, 6) is 0. The lowest BCUT2D eigenvalue weighted by atomic mass is 10.1. The Labute approximate surface area is 94.1 Å². The van der Waals surface area contributed by atoms with Crippen LogP contribution < -0.4 is 5.32 Å². The van der Waals surface area contributed by atoms with Crippen LogP contribution in [0.1, 0.15) is 47.0 Å². The molecule has 0 aromatic rings. The van der Waals surface area contributed by atoms with E-state index in [9.17, 15) is 0 Å². The molecule has 15 heavy (non-hydrogen) atoms. The Morgan fingerprint density at radius 2 is 2.27 bits per heavy atom. The molecule has 3 unspecified atom stereocenters. The SMILES string of the molecule is CC(C)=CCCC(C)NC1CCOC1C. The van der Waals surface area contributed by atoms with Crippen LogP contribution in [0.5, 0.6) is 0 Å². The van der Waals surface area contributed by atoms with Gasteiger partial charge in [-0.25, -0.2) is 0 Å². The van der Waals surface area contributed by atoms with E-state index in [4.69, 9.17) is 4.74 Å². The van der Waals surface area contributed by atoms with E-state index in [1.165, 1.54) is 18.4 Å². The maximum Gasteiger partial charge on any atom is 0.0700 e. The topological polar surface area (TPSA) is 21.3 Å². The molecule has 2 heteroatoms. The molecule has 88 valence electrons. The Kier molecular flexibility index (Phi) is 5.34. The summed E-state index contributed by atoms with van der Waals surface area (Å²) >= 11 is 0. The zero-order chi connectivity index (χ0) is 11.3. The molecule has 0 bridgehead atoms. The predicted molar refractivity (Wildman–Crippen MR) is 65.1 cm³/mol. The Morgan fingerprint density at radius 3 is 2.80 bits per heavy atom. The molecule has 1 rings (SSSR count). The standard InChI is InChI=1S/C13H25NO/c1-10(2)6-5-7-11(3)14-13-8-9-15-12(13)4/h6,11-14H,5,7-9H2,1-4H3. The van der Waals surface area contributed by atoms with Crippen molar-refractivity contribution in [3.8, 4) is 0 Å². The highest BCUT2D eigenvalue weighted by Gasteiger charge is 2.24. The number of rotatable bonds is 5. The summed E-state index contributed by atoms with van der Waals surface area (Å²) in [5, 5.41) is 3.65. The molecule has 1 fully saturated rings. The Balaban J connectivity index is 2.17. The largest absolute Gasteiger partial charge is 0.377 e. The zero-order valence-electron chi connectivity index (χ0n) is 10.5. The summed E-state index contributed by atoms with van der Waals surface area (Å²) in [5.41, 5.74) is 1.42. The summed E-state index contributed by atoms with van der Waals surface area (Å²) in [6.45, 7) is 9.66. The highest BCUT2D eigenvalue weighted by atomic mass is 16.5. The molecule has 1 heterocycles. The highest BCUT2D eigenvalue weighted by Crippen LogP contribution is 2.14. The maximum atomic E-state index is 5.53. The van der Waals surface area contributed by atoms with Gasteiger partial charge in [0.05, 0.1) is 6.10 Å². The first-order chi connectivity index (χ1) is 7.09. The molecule has 0 amide bonds. The van der Waals surface area contributed by atoms with Crippen LogP contribution in [0.2, 0.25) is 0 Å². The highest BCUT2D eigenvalue weighted by molar-refractivity contribution is 4.93. The first-order valence-electron chi connectivity index (χ1n) is 6.10. The summed E-state index contributed by atoms with van der Waals surface area (Å²) in [6, 6.07) is 1.15. The second-order valence-electron chi connectivity index (χ2n) is 4.90. The third-order valence-corrected chi connectivity index (χ3v) is 3.03. The average molecular weight is 211 g/mol. The van der Waals surface area contributed by atoms with Gasteiger partial charge < -0.3 is 10.1 Å². The fourth-order valence-corrected chi connectivity index (χ4v) is 2.02. The predicted octanol–water partition coefficient (Wildman–Crippen LogP) is 2.89. The average Bonchev–Trinajstić information content (AvgIpc) is 2.51. The van der Waals surface area contributed by atoms with Gasteiger partial charge in [0, 0.05) is 18.7 Å². The van der Waals surface area contributed by atoms with Crippen molar-refractivity contribution in [2.45, 2.75) is 65.1 Å². The molecule has 0 aliphatic carbocycles. The molecule has 0 aromatic heterocycles. The molecule has 1 saturated heterocycles. The normalized spacial score (nSPS) is 27.7. The van der Waals surface area contributed by atoms with Crippen molar-refractivity contribution in [1.82, 2.24) is 5.32 Å². The number of ether oxygens (including phenoxy) is 1. The third kappa shape index (κ3) is 4.80. The smallest absolute Gasteiger partial charge is 0.0700 e. The van der Waals surface area contributed by atoms with Gasteiger partial charge in [0.15, 0.2) is 0 Å². The van der Waals surface area contributed by atoms with Gasteiger partial charge in [-0.15, -0.1) is 0 Å². The lowest BCUT2D eigenvalue weighted by molar-refractivity contribution is 0.111. The van der Waals surface area contributed by atoms with Crippen LogP contribution in [0.25, 0.3) is 0 Å². The van der Waals surface area contributed by atoms with Crippen LogP contribution in [-0.2, 0) is 4.74 Å². The Bertz CT molecular complexity index is 209. The van der Waals surface area contributed by atoms with E-state index in [0.717, 1.165) is 13.0 Å². The second kappa shape index (κ2) is 6.29. The molecule has 2 nitrogen and oxygen atoms in total. The molecular weight excluding hydrogens is 186 g/mol. The van der Waals surface area contributed by atoms with Crippen molar-refractivity contribution in [1.29, 1.82) is 0 Å². The van der Waals surface area contributed by atoms with E-state index in [2.05, 4.69) is 39.1 Å². The van der Waals surface area contributed by atoms with Gasteiger partial charge in [0.25, 0.3) is 0 Å². The van der Waals surface area contributed by atoms with Gasteiger partial charge in [0.2, 0.25) is 0 Å². The summed E-state index contributed by atoms with van der Waals surface area (Å²) in [7, 11) is 0. The zero-order valence-corrected chi connectivity index (χ0v) is 10.5. The molecule has 3 atom stereocenters. The van der Waals surface area contributed by atoms with E-state index in [1.807, 2.05) is 0 Å². The first-order valence-corrected chi connectivity index (χ1v) is 6.10. The third-order valence-electron chi connectivity index (χ3n) is 3.03. The van der Waals surface area contributed by atoms with Crippen LogP contribution in [0.15, 0.2) is 11.6 Å². The second-order valence-corrected chi connectivity index (χ2v) is 4.90. The fraction of sp³-hybridized carbons (Fsp3) is 0.846. The molecule has 0 aromatic carbocycles. The van der Waals surface area contributed by atoms with E-state index < -0.39 is 0 Å². The molecule has 0 radical (unpaired) electrons. The van der Waals surface area contributed by atoms with Crippen LogP contribution in [0.4, 0.5) is 0 Å². The van der Waals surface area contributed by atoms with Crippen LogP contribution in [-0.4, -0.2) is 24.8 Å². The monoisotopic (exact) mass is 211 g/mol. The van der Waals surface area contributed by atoms with Gasteiger partial charge >= 0.3 is 0 Å². The van der Waals surface area contributed by atoms with Crippen molar-refractivity contribution in [2.24, 2.45) is 0 Å². The van der Waals surface area contributed by atoms with E-state index in [-0.39, 0.29) is 0 Å². The fourth-order valence-electron chi connectivity index (χ4n) is 2.02. The van der Waals surface area contributed by atoms with Crippen molar-refractivity contribution >= 4 is 0 Å². The van der Waals surface area contributed by atoms with Crippen molar-refractivity contribution in [2.75, 3.05) is 6.61 Å². The van der Waals surface area contributed by atoms with Crippen molar-refractivity contribution < 1.29 is 4.74 Å². The summed E-state index contributed by atoms with van der Waals surface area (Å²) < 4.78 is 5.53. The number of nitrogens with one attached hydrogen (secondary N) is 1. The van der Waals surface area contributed by atoms with Gasteiger partial charge in [-0.1, -0.05) is 11.6 Å². The summed E-state index contributed by atoms with van der Waals surface area (Å²) in [6.07, 6.45) is 6.25. The minimum absolute atomic E-state index is 0.385. The summed E-state index contributed by atoms with van der Waals surface area (Å²) in [4.78, 5) is 0. The van der Waals surface area contributed by atoms with Crippen LogP contribution >= 0.6 is 0 Å². The van der Waals surface area contributed by atoms with Gasteiger partial charge in [-0.2, -0.15) is 0 Å². The molecule has 1 aliphatic rings. The Morgan fingerprint density at radius 1 is 1.53 bits per heavy atom. The van der Waals surface area contributed by atoms with Crippen LogP contribution in [0, 0.1) is 0 Å². The van der Waals surface area contributed by atoms with Gasteiger partial charge in [-0.3, -0.25) is 0 Å². The number of hydrogen-bond donors (Lipinski definition) is 1. The van der Waals surface area contributed by atoms with E-state index in [1.54, 1.807) is 0 Å². The minimum atomic E-state index is 0.385. The number of hydrogen-bond acceptors (Lipinski definition) is 2. The molecular formula is C13H25NO. The van der Waals surface area contributed by atoms with E-state index >= 15 is 0 Å². The lowest BCUT2D eigenvalue weighted by Crippen LogP contribution is -2.40. The first kappa shape index (κ1) is 12.7. The van der Waals surface area contributed by atoms with Crippen LogP contribution in [0.3, 0.4) is 0 Å². The molecule has 1 N–H and O–H groups in total. The quantitative estimate of drug-likeness (QED) is 0.706. The Hall–Kier alpha value is -0.340. The maximum absolute atomic E-state index is 5.53. The van der Waals surface area contributed by atoms with Crippen molar-refractivity contribution in [3.63, 3.8) is 0 Å². The molecule has 1 aliphatic heterocycles. The van der Waals surface area contributed by atoms with Crippen molar-refractivity contribution in [3.05, 3.63) is 11.6 Å². The lowest BCUT2D eigenvalue weighted by Gasteiger charge is -2.21. The van der Waals surface area contributed by atoms with Gasteiger partial charge in [0.1, 0.15) is 0 Å². The number of allylic oxidation sites excluding steroid dienone is 2. The molecule has 0 saturated carbocycles. The van der Waals surface area contributed by atoms with Gasteiger partial charge in [-0.05, 0) is 47.0 Å².